The van der Waals surface area contributed by atoms with Crippen LogP contribution in [-0.4, -0.2) is 49.6 Å². The fraction of sp³-hybridized carbons (Fsp3) is 0.375. The highest BCUT2D eigenvalue weighted by Crippen LogP contribution is 2.39. The quantitative estimate of drug-likeness (QED) is 0.672. The van der Waals surface area contributed by atoms with Gasteiger partial charge in [-0.15, -0.1) is 0 Å². The number of ether oxygens (including phenoxy) is 2. The summed E-state index contributed by atoms with van der Waals surface area (Å²) in [6, 6.07) is 13.2. The van der Waals surface area contributed by atoms with Gasteiger partial charge in [0.2, 0.25) is 5.91 Å². The highest BCUT2D eigenvalue weighted by Gasteiger charge is 2.40. The van der Waals surface area contributed by atoms with Crippen LogP contribution in [0, 0.1) is 0 Å². The van der Waals surface area contributed by atoms with Crippen molar-refractivity contribution in [2.24, 2.45) is 0 Å². The summed E-state index contributed by atoms with van der Waals surface area (Å²) in [4.78, 5) is 41.2. The number of methoxy groups -OCH3 is 2. The number of nitrogens with zero attached hydrogens (tertiary/aromatic N) is 2. The van der Waals surface area contributed by atoms with E-state index >= 15 is 0 Å². The third kappa shape index (κ3) is 4.12. The van der Waals surface area contributed by atoms with Crippen molar-refractivity contribution in [2.45, 2.75) is 37.8 Å². The Labute approximate surface area is 187 Å². The Bertz CT molecular complexity index is 1010. The number of para-hydroxylation sites is 1. The van der Waals surface area contributed by atoms with Gasteiger partial charge in [-0.2, -0.15) is 0 Å². The second kappa shape index (κ2) is 9.30. The van der Waals surface area contributed by atoms with Gasteiger partial charge in [-0.3, -0.25) is 9.59 Å². The summed E-state index contributed by atoms with van der Waals surface area (Å²) in [5.41, 5.74) is 1.47. The summed E-state index contributed by atoms with van der Waals surface area (Å²) >= 11 is 0. The molecule has 0 radical (unpaired) electrons. The highest BCUT2D eigenvalue weighted by atomic mass is 16.5. The second-order valence-electron chi connectivity index (χ2n) is 7.90. The fourth-order valence-corrected chi connectivity index (χ4v) is 4.44. The average molecular weight is 437 g/mol. The van der Waals surface area contributed by atoms with Crippen LogP contribution in [0.25, 0.3) is 0 Å². The molecule has 0 unspecified atom stereocenters. The molecule has 0 saturated carbocycles. The Kier molecular flexibility index (Phi) is 6.30. The van der Waals surface area contributed by atoms with Crippen LogP contribution in [0.5, 0.6) is 11.5 Å². The smallest absolute Gasteiger partial charge is 0.329 e. The zero-order chi connectivity index (χ0) is 22.7. The highest BCUT2D eigenvalue weighted by molar-refractivity contribution is 6.21. The van der Waals surface area contributed by atoms with Crippen molar-refractivity contribution >= 4 is 23.5 Å². The third-order valence-corrected chi connectivity index (χ3v) is 6.05. The number of nitrogens with one attached hydrogen (secondary N) is 1. The fourth-order valence-electron chi connectivity index (χ4n) is 4.44. The Balaban J connectivity index is 1.42. The van der Waals surface area contributed by atoms with Crippen molar-refractivity contribution < 1.29 is 23.9 Å². The van der Waals surface area contributed by atoms with Gasteiger partial charge in [-0.1, -0.05) is 18.2 Å². The topological polar surface area (TPSA) is 88.2 Å². The predicted molar refractivity (Wildman–Crippen MR) is 119 cm³/mol. The number of anilines is 1. The molecular formula is C24H27N3O5. The number of imide groups is 1. The molecule has 32 heavy (non-hydrogen) atoms. The van der Waals surface area contributed by atoms with Gasteiger partial charge in [0.25, 0.3) is 5.91 Å². The molecule has 1 N–H and O–H groups in total. The van der Waals surface area contributed by atoms with E-state index in [2.05, 4.69) is 5.32 Å². The Hall–Kier alpha value is -3.55. The minimum Gasteiger partial charge on any atom is -0.497 e. The van der Waals surface area contributed by atoms with E-state index in [0.717, 1.165) is 23.3 Å². The Morgan fingerprint density at radius 1 is 1.09 bits per heavy atom. The maximum atomic E-state index is 13.1. The molecule has 8 heteroatoms. The van der Waals surface area contributed by atoms with E-state index in [0.29, 0.717) is 23.7 Å². The molecule has 2 aromatic carbocycles. The van der Waals surface area contributed by atoms with Crippen LogP contribution in [0.3, 0.4) is 0 Å². The van der Waals surface area contributed by atoms with Crippen molar-refractivity contribution in [2.75, 3.05) is 25.7 Å². The lowest BCUT2D eigenvalue weighted by Crippen LogP contribution is -2.34. The molecule has 168 valence electrons. The number of rotatable bonds is 7. The van der Waals surface area contributed by atoms with E-state index in [-0.39, 0.29) is 30.7 Å². The van der Waals surface area contributed by atoms with Crippen LogP contribution in [0.1, 0.15) is 37.3 Å². The molecule has 0 aliphatic carbocycles. The number of benzene rings is 2. The van der Waals surface area contributed by atoms with E-state index in [1.165, 1.54) is 0 Å². The zero-order valence-corrected chi connectivity index (χ0v) is 18.2. The molecule has 4 amide bonds. The van der Waals surface area contributed by atoms with Gasteiger partial charge in [0.1, 0.15) is 17.5 Å². The largest absolute Gasteiger partial charge is 0.497 e. The van der Waals surface area contributed by atoms with Crippen molar-refractivity contribution in [3.05, 3.63) is 54.1 Å². The minimum absolute atomic E-state index is 0.0365. The summed E-state index contributed by atoms with van der Waals surface area (Å²) in [6.45, 7) is 0.653. The van der Waals surface area contributed by atoms with Crippen LogP contribution in [-0.2, 0) is 9.59 Å². The molecule has 0 bridgehead atoms. The van der Waals surface area contributed by atoms with Crippen molar-refractivity contribution in [1.82, 2.24) is 10.2 Å². The van der Waals surface area contributed by atoms with E-state index < -0.39 is 12.1 Å². The second-order valence-corrected chi connectivity index (χ2v) is 7.90. The SMILES string of the molecule is COc1ccc([C@@H]2CCCN2C(=O)CC[C@H]2NC(=O)N(c3ccccc3)C2=O)c(OC)c1. The average Bonchev–Trinajstić information content (AvgIpc) is 3.41. The number of amides is 4. The summed E-state index contributed by atoms with van der Waals surface area (Å²) in [7, 11) is 3.20. The summed E-state index contributed by atoms with van der Waals surface area (Å²) in [5, 5.41) is 2.70. The maximum absolute atomic E-state index is 13.1. The van der Waals surface area contributed by atoms with Gasteiger partial charge >= 0.3 is 6.03 Å². The number of carbonyl (C=O) groups is 3. The first-order valence-electron chi connectivity index (χ1n) is 10.7. The lowest BCUT2D eigenvalue weighted by atomic mass is 10.0. The molecular weight excluding hydrogens is 410 g/mol. The van der Waals surface area contributed by atoms with E-state index in [1.54, 1.807) is 38.5 Å². The maximum Gasteiger partial charge on any atom is 0.329 e. The van der Waals surface area contributed by atoms with Gasteiger partial charge in [-0.05, 0) is 43.5 Å². The zero-order valence-electron chi connectivity index (χ0n) is 18.2. The van der Waals surface area contributed by atoms with Crippen molar-refractivity contribution in [1.29, 1.82) is 0 Å². The standard InChI is InChI=1S/C24H27N3O5/c1-31-17-10-11-18(21(15-17)32-2)20-9-6-14-26(20)22(28)13-12-19-23(29)27(24(30)25-19)16-7-4-3-5-8-16/h3-5,7-8,10-11,15,19-20H,6,9,12-14H2,1-2H3,(H,25,30)/t19-,20+/m1/s1. The molecule has 2 aliphatic heterocycles. The molecule has 0 aromatic heterocycles. The molecule has 0 spiro atoms. The monoisotopic (exact) mass is 437 g/mol. The summed E-state index contributed by atoms with van der Waals surface area (Å²) in [5.74, 6) is 1.01. The lowest BCUT2D eigenvalue weighted by molar-refractivity contribution is -0.132. The summed E-state index contributed by atoms with van der Waals surface area (Å²) in [6.07, 6.45) is 2.17. The normalized spacial score (nSPS) is 20.4. The number of hydrogen-bond acceptors (Lipinski definition) is 5. The van der Waals surface area contributed by atoms with Crippen LogP contribution in [0.2, 0.25) is 0 Å². The number of likely N-dealkylation sites (tertiary alicyclic amines) is 1. The van der Waals surface area contributed by atoms with Crippen molar-refractivity contribution in [3.8, 4) is 11.5 Å². The van der Waals surface area contributed by atoms with E-state index in [9.17, 15) is 14.4 Å². The van der Waals surface area contributed by atoms with Crippen molar-refractivity contribution in [3.63, 3.8) is 0 Å². The lowest BCUT2D eigenvalue weighted by Gasteiger charge is -2.27. The minimum atomic E-state index is -0.705. The van der Waals surface area contributed by atoms with Gasteiger partial charge in [-0.25, -0.2) is 9.69 Å². The molecule has 2 aliphatic rings. The van der Waals surface area contributed by atoms with Gasteiger partial charge in [0, 0.05) is 24.6 Å². The predicted octanol–water partition coefficient (Wildman–Crippen LogP) is 3.27. The molecule has 2 saturated heterocycles. The molecule has 2 aromatic rings. The molecule has 2 atom stereocenters. The summed E-state index contributed by atoms with van der Waals surface area (Å²) < 4.78 is 10.8. The molecule has 8 nitrogen and oxygen atoms in total. The van der Waals surface area contributed by atoms with Gasteiger partial charge in [0.05, 0.1) is 25.9 Å². The van der Waals surface area contributed by atoms with Gasteiger partial charge in [0.15, 0.2) is 0 Å². The third-order valence-electron chi connectivity index (χ3n) is 6.05. The van der Waals surface area contributed by atoms with E-state index in [4.69, 9.17) is 9.47 Å². The van der Waals surface area contributed by atoms with Gasteiger partial charge < -0.3 is 19.7 Å². The Morgan fingerprint density at radius 2 is 1.88 bits per heavy atom. The van der Waals surface area contributed by atoms with Crippen LogP contribution < -0.4 is 19.7 Å². The molecule has 4 rings (SSSR count). The van der Waals surface area contributed by atoms with E-state index in [1.807, 2.05) is 29.2 Å². The number of urea groups is 1. The number of hydrogen-bond donors (Lipinski definition) is 1. The van der Waals surface area contributed by atoms with Crippen LogP contribution in [0.4, 0.5) is 10.5 Å². The number of carbonyl (C=O) groups excluding carboxylic acids is 3. The molecule has 2 fully saturated rings. The Morgan fingerprint density at radius 3 is 2.59 bits per heavy atom. The first kappa shape index (κ1) is 21.7. The molecule has 2 heterocycles. The van der Waals surface area contributed by atoms with Crippen LogP contribution in [0.15, 0.2) is 48.5 Å². The first-order valence-corrected chi connectivity index (χ1v) is 10.7. The van der Waals surface area contributed by atoms with Crippen LogP contribution >= 0.6 is 0 Å². The first-order chi connectivity index (χ1) is 15.5.